The summed E-state index contributed by atoms with van der Waals surface area (Å²) in [6, 6.07) is 7.34. The highest BCUT2D eigenvalue weighted by Gasteiger charge is 2.45. The highest BCUT2D eigenvalue weighted by molar-refractivity contribution is 7.91. The van der Waals surface area contributed by atoms with Gasteiger partial charge in [-0.15, -0.1) is 11.3 Å². The van der Waals surface area contributed by atoms with Gasteiger partial charge >= 0.3 is 5.51 Å². The first-order chi connectivity index (χ1) is 12.6. The van der Waals surface area contributed by atoms with E-state index in [9.17, 15) is 21.6 Å². The summed E-state index contributed by atoms with van der Waals surface area (Å²) in [7, 11) is -5.27. The highest BCUT2D eigenvalue weighted by atomic mass is 35.5. The summed E-state index contributed by atoms with van der Waals surface area (Å²) in [5, 5.41) is 2.51. The fourth-order valence-electron chi connectivity index (χ4n) is 2.27. The molecule has 0 fully saturated rings. The van der Waals surface area contributed by atoms with Gasteiger partial charge in [0.05, 0.1) is 16.5 Å². The molecule has 0 spiro atoms. The molecule has 1 aromatic carbocycles. The van der Waals surface area contributed by atoms with Crippen molar-refractivity contribution in [3.63, 3.8) is 0 Å². The number of alkyl halides is 3. The van der Waals surface area contributed by atoms with Gasteiger partial charge in [0.1, 0.15) is 10.8 Å². The molecule has 0 radical (unpaired) electrons. The van der Waals surface area contributed by atoms with Gasteiger partial charge in [0.15, 0.2) is 0 Å². The SMILES string of the molecule is Nc1cc(-c2nc(-c3ccc(CS(=O)(=O)C(F)(F)F)cc3Cl)cs2)ccn1. The van der Waals surface area contributed by atoms with Gasteiger partial charge in [-0.1, -0.05) is 23.7 Å². The lowest BCUT2D eigenvalue weighted by Crippen LogP contribution is -2.24. The number of nitrogens with zero attached hydrogens (tertiary/aromatic N) is 2. The van der Waals surface area contributed by atoms with Gasteiger partial charge in [0.25, 0.3) is 9.84 Å². The normalized spacial score (nSPS) is 12.3. The van der Waals surface area contributed by atoms with Gasteiger partial charge in [-0.3, -0.25) is 0 Å². The predicted molar refractivity (Wildman–Crippen MR) is 98.9 cm³/mol. The molecule has 2 N–H and O–H groups in total. The molecule has 0 atom stereocenters. The van der Waals surface area contributed by atoms with E-state index < -0.39 is 21.1 Å². The molecule has 3 aromatic rings. The molecule has 0 unspecified atom stereocenters. The standard InChI is InChI=1S/C16H11ClF3N3O2S2/c17-12-5-9(8-27(24,25)16(18,19)20)1-2-11(12)13-7-26-15(23-13)10-3-4-22-14(21)6-10/h1-7H,8H2,(H2,21,22). The van der Waals surface area contributed by atoms with Crippen molar-refractivity contribution < 1.29 is 21.6 Å². The molecule has 2 aromatic heterocycles. The number of thiazole rings is 1. The Morgan fingerprint density at radius 3 is 2.56 bits per heavy atom. The molecular weight excluding hydrogens is 423 g/mol. The number of sulfone groups is 1. The van der Waals surface area contributed by atoms with Crippen LogP contribution in [0.25, 0.3) is 21.8 Å². The summed E-state index contributed by atoms with van der Waals surface area (Å²) >= 11 is 7.48. The molecule has 5 nitrogen and oxygen atoms in total. The number of pyridine rings is 1. The number of benzene rings is 1. The fourth-order valence-corrected chi connectivity index (χ4v) is 4.17. The van der Waals surface area contributed by atoms with E-state index in [1.54, 1.807) is 23.7 Å². The number of hydrogen-bond donors (Lipinski definition) is 1. The van der Waals surface area contributed by atoms with Gasteiger partial charge in [-0.2, -0.15) is 13.2 Å². The van der Waals surface area contributed by atoms with Crippen LogP contribution >= 0.6 is 22.9 Å². The molecule has 0 saturated heterocycles. The van der Waals surface area contributed by atoms with Crippen molar-refractivity contribution in [1.29, 1.82) is 0 Å². The average Bonchev–Trinajstić information content (AvgIpc) is 3.03. The molecule has 0 amide bonds. The maximum Gasteiger partial charge on any atom is 0.497 e. The fraction of sp³-hybridized carbons (Fsp3) is 0.125. The monoisotopic (exact) mass is 433 g/mol. The summed E-state index contributed by atoms with van der Waals surface area (Å²) in [5.74, 6) is -0.827. The molecule has 3 rings (SSSR count). The van der Waals surface area contributed by atoms with E-state index >= 15 is 0 Å². The number of aromatic nitrogens is 2. The molecule has 0 aliphatic rings. The zero-order valence-electron chi connectivity index (χ0n) is 13.4. The lowest BCUT2D eigenvalue weighted by molar-refractivity contribution is -0.0437. The number of hydrogen-bond acceptors (Lipinski definition) is 6. The number of nitrogen functional groups attached to an aromatic ring is 1. The molecule has 0 aliphatic carbocycles. The molecule has 0 bridgehead atoms. The summed E-state index contributed by atoms with van der Waals surface area (Å²) in [6.07, 6.45) is 1.55. The Hall–Kier alpha value is -2.17. The van der Waals surface area contributed by atoms with Gasteiger partial charge < -0.3 is 5.73 Å². The van der Waals surface area contributed by atoms with Crippen LogP contribution in [0.1, 0.15) is 5.56 Å². The third-order valence-corrected chi connectivity index (χ3v) is 6.17. The number of halogens is 4. The number of rotatable bonds is 4. The molecule has 2 heterocycles. The van der Waals surface area contributed by atoms with Crippen LogP contribution in [0.5, 0.6) is 0 Å². The highest BCUT2D eigenvalue weighted by Crippen LogP contribution is 2.34. The second kappa shape index (κ2) is 7.10. The molecule has 27 heavy (non-hydrogen) atoms. The van der Waals surface area contributed by atoms with Crippen molar-refractivity contribution in [1.82, 2.24) is 9.97 Å². The Kier molecular flexibility index (Phi) is 5.15. The lowest BCUT2D eigenvalue weighted by Gasteiger charge is -2.09. The maximum atomic E-state index is 12.5. The summed E-state index contributed by atoms with van der Waals surface area (Å²) in [5.41, 5.74) is 2.04. The second-order valence-corrected chi connectivity index (χ2v) is 8.77. The minimum atomic E-state index is -5.31. The van der Waals surface area contributed by atoms with Crippen molar-refractivity contribution >= 4 is 38.6 Å². The van der Waals surface area contributed by atoms with Crippen LogP contribution in [0.3, 0.4) is 0 Å². The Bertz CT molecular complexity index is 1100. The molecule has 0 aliphatic heterocycles. The summed E-state index contributed by atoms with van der Waals surface area (Å²) < 4.78 is 60.1. The average molecular weight is 434 g/mol. The number of anilines is 1. The third kappa shape index (κ3) is 4.23. The van der Waals surface area contributed by atoms with E-state index in [4.69, 9.17) is 17.3 Å². The van der Waals surface area contributed by atoms with Gasteiger partial charge in [-0.25, -0.2) is 18.4 Å². The first-order valence-corrected chi connectivity index (χ1v) is 10.2. The van der Waals surface area contributed by atoms with Crippen molar-refractivity contribution in [2.75, 3.05) is 5.73 Å². The largest absolute Gasteiger partial charge is 0.497 e. The van der Waals surface area contributed by atoms with Gasteiger partial charge in [0.2, 0.25) is 0 Å². The lowest BCUT2D eigenvalue weighted by atomic mass is 10.1. The van der Waals surface area contributed by atoms with E-state index in [-0.39, 0.29) is 10.6 Å². The first-order valence-electron chi connectivity index (χ1n) is 7.32. The van der Waals surface area contributed by atoms with E-state index in [0.717, 1.165) is 5.56 Å². The zero-order valence-corrected chi connectivity index (χ0v) is 15.8. The Morgan fingerprint density at radius 1 is 1.19 bits per heavy atom. The van der Waals surface area contributed by atoms with Crippen LogP contribution in [-0.2, 0) is 15.6 Å². The van der Waals surface area contributed by atoms with Crippen LogP contribution in [0.4, 0.5) is 19.0 Å². The van der Waals surface area contributed by atoms with Crippen LogP contribution in [-0.4, -0.2) is 23.9 Å². The summed E-state index contributed by atoms with van der Waals surface area (Å²) in [6.45, 7) is 0. The smallest absolute Gasteiger partial charge is 0.384 e. The zero-order chi connectivity index (χ0) is 19.8. The quantitative estimate of drug-likeness (QED) is 0.652. The van der Waals surface area contributed by atoms with E-state index in [2.05, 4.69) is 9.97 Å². The summed E-state index contributed by atoms with van der Waals surface area (Å²) in [4.78, 5) is 8.35. The maximum absolute atomic E-state index is 12.5. The van der Waals surface area contributed by atoms with Gasteiger partial charge in [0, 0.05) is 22.7 Å². The van der Waals surface area contributed by atoms with Crippen molar-refractivity contribution in [3.05, 3.63) is 52.5 Å². The van der Waals surface area contributed by atoms with E-state index in [0.29, 0.717) is 22.1 Å². The van der Waals surface area contributed by atoms with Crippen LogP contribution in [0.2, 0.25) is 5.02 Å². The molecule has 142 valence electrons. The van der Waals surface area contributed by atoms with Crippen LogP contribution < -0.4 is 5.73 Å². The Balaban J connectivity index is 1.89. The minimum Gasteiger partial charge on any atom is -0.384 e. The van der Waals surface area contributed by atoms with E-state index in [1.807, 2.05) is 0 Å². The Morgan fingerprint density at radius 2 is 1.93 bits per heavy atom. The first kappa shape index (κ1) is 19.6. The van der Waals surface area contributed by atoms with Gasteiger partial charge in [-0.05, 0) is 23.8 Å². The van der Waals surface area contributed by atoms with Crippen LogP contribution in [0.15, 0.2) is 41.9 Å². The molecule has 11 heteroatoms. The second-order valence-electron chi connectivity index (χ2n) is 5.53. The van der Waals surface area contributed by atoms with Crippen molar-refractivity contribution in [3.8, 4) is 21.8 Å². The predicted octanol–water partition coefficient (Wildman–Crippen LogP) is 4.54. The number of nitrogens with two attached hydrogens (primary N) is 1. The third-order valence-electron chi connectivity index (χ3n) is 3.55. The van der Waals surface area contributed by atoms with Crippen molar-refractivity contribution in [2.45, 2.75) is 11.3 Å². The van der Waals surface area contributed by atoms with Crippen LogP contribution in [0, 0.1) is 0 Å². The van der Waals surface area contributed by atoms with Crippen molar-refractivity contribution in [2.24, 2.45) is 0 Å². The minimum absolute atomic E-state index is 0.0570. The van der Waals surface area contributed by atoms with E-state index in [1.165, 1.54) is 29.5 Å². The Labute approximate surface area is 161 Å². The molecule has 0 saturated carbocycles. The topological polar surface area (TPSA) is 85.9 Å². The molecular formula is C16H11ClF3N3O2S2.